The van der Waals surface area contributed by atoms with Gasteiger partial charge in [0.2, 0.25) is 0 Å². The van der Waals surface area contributed by atoms with Gasteiger partial charge in [-0.1, -0.05) is 54.6 Å². The highest BCUT2D eigenvalue weighted by molar-refractivity contribution is 6.18. The van der Waals surface area contributed by atoms with Crippen molar-refractivity contribution in [1.29, 1.82) is 0 Å². The van der Waals surface area contributed by atoms with E-state index in [1.165, 1.54) is 5.56 Å². The van der Waals surface area contributed by atoms with Gasteiger partial charge in [0, 0.05) is 35.5 Å². The van der Waals surface area contributed by atoms with Crippen molar-refractivity contribution in [3.8, 4) is 22.5 Å². The number of hydrogen-bond acceptors (Lipinski definition) is 7. The lowest BCUT2D eigenvalue weighted by Crippen LogP contribution is -2.47. The standard InChI is InChI=1S/C27H20N8/c28-16-17-7-9-19(10-8-17)25-24(18-5-2-1-3-6-18)31-21-12-11-20(32-27(21)33-25)22-15-23(35-34-22)26-29-13-4-14-30-26/h1-14H,15-16,28H2/p+1. The first-order valence-electron chi connectivity index (χ1n) is 11.3. The Morgan fingerprint density at radius 3 is 2.14 bits per heavy atom. The molecule has 168 valence electrons. The van der Waals surface area contributed by atoms with E-state index in [1.54, 1.807) is 18.5 Å². The normalized spacial score (nSPS) is 13.1. The molecule has 0 bridgehead atoms. The highest BCUT2D eigenvalue weighted by Gasteiger charge is 2.20. The number of benzene rings is 2. The van der Waals surface area contributed by atoms with Gasteiger partial charge < -0.3 is 5.73 Å². The molecule has 8 heteroatoms. The monoisotopic (exact) mass is 457 g/mol. The number of rotatable bonds is 5. The van der Waals surface area contributed by atoms with Gasteiger partial charge in [0.15, 0.2) is 11.5 Å². The van der Waals surface area contributed by atoms with E-state index in [1.807, 2.05) is 42.5 Å². The van der Waals surface area contributed by atoms with Crippen LogP contribution in [0.2, 0.25) is 0 Å². The van der Waals surface area contributed by atoms with Crippen LogP contribution in [-0.2, 0) is 6.54 Å². The summed E-state index contributed by atoms with van der Waals surface area (Å²) in [5, 5.41) is 8.62. The summed E-state index contributed by atoms with van der Waals surface area (Å²) in [4.78, 5) is 23.3. The molecule has 0 aliphatic carbocycles. The molecule has 2 aromatic carbocycles. The molecule has 0 fully saturated rings. The highest BCUT2D eigenvalue weighted by Crippen LogP contribution is 2.31. The Hall–Kier alpha value is -4.69. The SMILES string of the molecule is [NH3+]Cc1ccc(-c2nc3nc(C4=NN=C(c5ncccn5)C4)ccc3nc2-c2ccccc2)cc1. The molecule has 5 aromatic rings. The number of fused-ring (bicyclic) bond motifs is 1. The fourth-order valence-electron chi connectivity index (χ4n) is 4.00. The van der Waals surface area contributed by atoms with Gasteiger partial charge in [0.05, 0.1) is 29.3 Å². The van der Waals surface area contributed by atoms with E-state index in [4.69, 9.17) is 15.0 Å². The first-order valence-corrected chi connectivity index (χ1v) is 11.3. The van der Waals surface area contributed by atoms with Crippen molar-refractivity contribution in [1.82, 2.24) is 24.9 Å². The Kier molecular flexibility index (Phi) is 5.32. The van der Waals surface area contributed by atoms with Crippen molar-refractivity contribution < 1.29 is 5.73 Å². The van der Waals surface area contributed by atoms with E-state index in [9.17, 15) is 0 Å². The second-order valence-electron chi connectivity index (χ2n) is 8.12. The summed E-state index contributed by atoms with van der Waals surface area (Å²) in [7, 11) is 0. The minimum Gasteiger partial charge on any atom is -0.354 e. The largest absolute Gasteiger partial charge is 0.354 e. The topological polar surface area (TPSA) is 117 Å². The summed E-state index contributed by atoms with van der Waals surface area (Å²) >= 11 is 0. The van der Waals surface area contributed by atoms with Crippen molar-refractivity contribution in [3.05, 3.63) is 102 Å². The maximum absolute atomic E-state index is 4.98. The third-order valence-electron chi connectivity index (χ3n) is 5.84. The fraction of sp³-hybridized carbons (Fsp3) is 0.0741. The maximum atomic E-state index is 4.98. The minimum absolute atomic E-state index is 0.511. The number of quaternary nitrogens is 1. The van der Waals surface area contributed by atoms with Gasteiger partial charge in [0.25, 0.3) is 0 Å². The Morgan fingerprint density at radius 1 is 0.657 bits per heavy atom. The summed E-state index contributed by atoms with van der Waals surface area (Å²) in [6.07, 6.45) is 3.90. The molecule has 0 radical (unpaired) electrons. The third-order valence-corrected chi connectivity index (χ3v) is 5.84. The summed E-state index contributed by atoms with van der Waals surface area (Å²) in [6.45, 7) is 0.736. The second kappa shape index (κ2) is 8.92. The van der Waals surface area contributed by atoms with Gasteiger partial charge in [-0.3, -0.25) is 0 Å². The molecule has 0 atom stereocenters. The Bertz CT molecular complexity index is 1580. The van der Waals surface area contributed by atoms with Gasteiger partial charge in [-0.05, 0) is 18.2 Å². The van der Waals surface area contributed by atoms with Crippen LogP contribution < -0.4 is 5.73 Å². The molecule has 8 nitrogen and oxygen atoms in total. The summed E-state index contributed by atoms with van der Waals surface area (Å²) < 4.78 is 0. The smallest absolute Gasteiger partial charge is 0.179 e. The van der Waals surface area contributed by atoms with Gasteiger partial charge in [-0.25, -0.2) is 24.9 Å². The molecule has 3 aromatic heterocycles. The highest BCUT2D eigenvalue weighted by atomic mass is 15.2. The molecule has 0 saturated heterocycles. The molecule has 1 aliphatic rings. The second-order valence-corrected chi connectivity index (χ2v) is 8.12. The van der Waals surface area contributed by atoms with Crippen LogP contribution in [0.15, 0.2) is 95.4 Å². The lowest BCUT2D eigenvalue weighted by Gasteiger charge is -2.11. The van der Waals surface area contributed by atoms with E-state index in [-0.39, 0.29) is 0 Å². The van der Waals surface area contributed by atoms with E-state index in [2.05, 4.69) is 50.2 Å². The third kappa shape index (κ3) is 4.07. The Labute approximate surface area is 201 Å². The van der Waals surface area contributed by atoms with Crippen LogP contribution >= 0.6 is 0 Å². The maximum Gasteiger partial charge on any atom is 0.179 e. The summed E-state index contributed by atoms with van der Waals surface area (Å²) in [5.74, 6) is 0.576. The number of pyridine rings is 1. The predicted octanol–water partition coefficient (Wildman–Crippen LogP) is 3.49. The van der Waals surface area contributed by atoms with Crippen LogP contribution in [0.4, 0.5) is 0 Å². The molecular formula is C27H21N8+. The van der Waals surface area contributed by atoms with Gasteiger partial charge in [-0.15, -0.1) is 0 Å². The van der Waals surface area contributed by atoms with E-state index in [0.717, 1.165) is 46.0 Å². The van der Waals surface area contributed by atoms with E-state index < -0.39 is 0 Å². The van der Waals surface area contributed by atoms with Crippen molar-refractivity contribution in [2.45, 2.75) is 13.0 Å². The summed E-state index contributed by atoms with van der Waals surface area (Å²) in [6, 6.07) is 24.0. The van der Waals surface area contributed by atoms with Crippen LogP contribution in [0.1, 0.15) is 23.5 Å². The Morgan fingerprint density at radius 2 is 1.37 bits per heavy atom. The number of aromatic nitrogens is 5. The van der Waals surface area contributed by atoms with Crippen LogP contribution in [0.5, 0.6) is 0 Å². The molecule has 0 saturated carbocycles. The number of hydrogen-bond donors (Lipinski definition) is 1. The van der Waals surface area contributed by atoms with Crippen LogP contribution in [0, 0.1) is 0 Å². The predicted molar refractivity (Wildman–Crippen MR) is 135 cm³/mol. The fourth-order valence-corrected chi connectivity index (χ4v) is 4.00. The van der Waals surface area contributed by atoms with Crippen LogP contribution in [-0.4, -0.2) is 36.3 Å². The minimum atomic E-state index is 0.511. The Balaban J connectivity index is 1.42. The molecule has 6 rings (SSSR count). The van der Waals surface area contributed by atoms with Crippen LogP contribution in [0.25, 0.3) is 33.7 Å². The molecule has 1 aliphatic heterocycles. The molecule has 0 spiro atoms. The average Bonchev–Trinajstić information content (AvgIpc) is 3.44. The van der Waals surface area contributed by atoms with Crippen molar-refractivity contribution in [2.75, 3.05) is 0 Å². The van der Waals surface area contributed by atoms with Crippen molar-refractivity contribution in [3.63, 3.8) is 0 Å². The van der Waals surface area contributed by atoms with Crippen molar-refractivity contribution >= 4 is 22.6 Å². The lowest BCUT2D eigenvalue weighted by atomic mass is 10.0. The first kappa shape index (κ1) is 20.9. The molecule has 0 amide bonds. The van der Waals surface area contributed by atoms with Crippen molar-refractivity contribution in [2.24, 2.45) is 10.2 Å². The zero-order valence-corrected chi connectivity index (χ0v) is 18.8. The van der Waals surface area contributed by atoms with Gasteiger partial charge in [-0.2, -0.15) is 10.2 Å². The first-order chi connectivity index (χ1) is 17.3. The summed E-state index contributed by atoms with van der Waals surface area (Å²) in [5.41, 5.74) is 12.2. The molecule has 3 N–H and O–H groups in total. The zero-order chi connectivity index (χ0) is 23.6. The molecule has 4 heterocycles. The van der Waals surface area contributed by atoms with E-state index in [0.29, 0.717) is 23.6 Å². The van der Waals surface area contributed by atoms with Gasteiger partial charge >= 0.3 is 0 Å². The number of nitrogens with zero attached hydrogens (tertiary/aromatic N) is 7. The molecule has 0 unspecified atom stereocenters. The van der Waals surface area contributed by atoms with E-state index >= 15 is 0 Å². The lowest BCUT2D eigenvalue weighted by molar-refractivity contribution is -0.386. The van der Waals surface area contributed by atoms with Gasteiger partial charge in [0.1, 0.15) is 11.2 Å². The quantitative estimate of drug-likeness (QED) is 0.434. The average molecular weight is 458 g/mol. The molecule has 35 heavy (non-hydrogen) atoms. The molecular weight excluding hydrogens is 436 g/mol. The van der Waals surface area contributed by atoms with Crippen LogP contribution in [0.3, 0.4) is 0 Å². The zero-order valence-electron chi connectivity index (χ0n) is 18.8.